The number of pyridine rings is 2. The Morgan fingerprint density at radius 1 is 0.897 bits per heavy atom. The van der Waals surface area contributed by atoms with Gasteiger partial charge in [0.2, 0.25) is 17.7 Å². The summed E-state index contributed by atoms with van der Waals surface area (Å²) >= 11 is 0. The zero-order valence-electron chi connectivity index (χ0n) is 33.2. The smallest absolute Gasteiger partial charge is 0.262 e. The third-order valence-electron chi connectivity index (χ3n) is 10.1. The largest absolute Gasteiger partial charge is 0.496 e. The monoisotopic (exact) mass is 797 g/mol. The van der Waals surface area contributed by atoms with Crippen LogP contribution in [0.4, 0.5) is 5.69 Å². The van der Waals surface area contributed by atoms with Crippen LogP contribution < -0.4 is 25.7 Å². The van der Waals surface area contributed by atoms with Gasteiger partial charge in [0, 0.05) is 70.0 Å². The van der Waals surface area contributed by atoms with E-state index in [1.165, 1.54) is 4.57 Å². The van der Waals surface area contributed by atoms with Crippen LogP contribution in [0.3, 0.4) is 0 Å². The van der Waals surface area contributed by atoms with Crippen molar-refractivity contribution in [2.24, 2.45) is 7.05 Å². The van der Waals surface area contributed by atoms with E-state index in [9.17, 15) is 28.8 Å². The van der Waals surface area contributed by atoms with Crippen LogP contribution in [-0.4, -0.2) is 134 Å². The van der Waals surface area contributed by atoms with Crippen molar-refractivity contribution in [1.82, 2.24) is 29.6 Å². The predicted octanol–water partition coefficient (Wildman–Crippen LogP) is 2.05. The van der Waals surface area contributed by atoms with E-state index in [0.29, 0.717) is 68.6 Å². The van der Waals surface area contributed by atoms with Crippen molar-refractivity contribution in [2.75, 3.05) is 79.7 Å². The molecule has 58 heavy (non-hydrogen) atoms. The normalized spacial score (nSPS) is 15.2. The molecule has 1 fully saturated rings. The summed E-state index contributed by atoms with van der Waals surface area (Å²) < 4.78 is 24.4. The Morgan fingerprint density at radius 2 is 1.60 bits per heavy atom. The lowest BCUT2D eigenvalue weighted by Crippen LogP contribution is -2.54. The molecule has 4 aromatic rings. The summed E-state index contributed by atoms with van der Waals surface area (Å²) in [7, 11) is 8.43. The maximum Gasteiger partial charge on any atom is 0.262 e. The molecular formula is C41H47N7O10. The number of hydrogen-bond donors (Lipinski definition) is 2. The van der Waals surface area contributed by atoms with Crippen molar-refractivity contribution in [2.45, 2.75) is 25.4 Å². The van der Waals surface area contributed by atoms with Gasteiger partial charge in [-0.3, -0.25) is 48.9 Å². The van der Waals surface area contributed by atoms with Crippen molar-refractivity contribution < 1.29 is 42.9 Å². The molecular weight excluding hydrogens is 750 g/mol. The molecule has 306 valence electrons. The topological polar surface area (TPSA) is 191 Å². The van der Waals surface area contributed by atoms with Crippen molar-refractivity contribution in [3.05, 3.63) is 82.0 Å². The number of aryl methyl sites for hydroxylation is 1. The first-order chi connectivity index (χ1) is 27.9. The van der Waals surface area contributed by atoms with Crippen molar-refractivity contribution in [1.29, 1.82) is 0 Å². The zero-order chi connectivity index (χ0) is 41.5. The second kappa shape index (κ2) is 18.4. The number of benzene rings is 2. The number of fused-ring (bicyclic) bond motifs is 2. The minimum Gasteiger partial charge on any atom is -0.496 e. The molecule has 0 radical (unpaired) electrons. The van der Waals surface area contributed by atoms with Gasteiger partial charge in [-0.2, -0.15) is 0 Å². The molecule has 17 heteroatoms. The fourth-order valence-electron chi connectivity index (χ4n) is 7.01. The molecule has 4 heterocycles. The average Bonchev–Trinajstić information content (AvgIpc) is 3.46. The van der Waals surface area contributed by atoms with E-state index < -0.39 is 29.7 Å². The third kappa shape index (κ3) is 9.01. The number of imide groups is 2. The number of anilines is 1. The average molecular weight is 798 g/mol. The predicted molar refractivity (Wildman–Crippen MR) is 213 cm³/mol. The van der Waals surface area contributed by atoms with Crippen LogP contribution in [0.1, 0.15) is 39.1 Å². The molecule has 6 rings (SSSR count). The van der Waals surface area contributed by atoms with Gasteiger partial charge in [-0.1, -0.05) is 0 Å². The minimum absolute atomic E-state index is 0.0573. The molecule has 2 aliphatic rings. The molecule has 17 nitrogen and oxygen atoms in total. The molecule has 5 amide bonds. The Balaban J connectivity index is 0.904. The second-order valence-electron chi connectivity index (χ2n) is 14.1. The van der Waals surface area contributed by atoms with E-state index in [0.717, 1.165) is 27.0 Å². The van der Waals surface area contributed by atoms with Crippen LogP contribution in [0.2, 0.25) is 0 Å². The molecule has 0 bridgehead atoms. The van der Waals surface area contributed by atoms with Gasteiger partial charge in [-0.15, -0.1) is 0 Å². The van der Waals surface area contributed by atoms with E-state index in [2.05, 4.69) is 15.6 Å². The number of hydrogen-bond acceptors (Lipinski definition) is 13. The highest BCUT2D eigenvalue weighted by molar-refractivity contribution is 6.23. The van der Waals surface area contributed by atoms with Gasteiger partial charge in [0.05, 0.1) is 69.3 Å². The van der Waals surface area contributed by atoms with E-state index in [1.54, 1.807) is 70.0 Å². The molecule has 0 spiro atoms. The van der Waals surface area contributed by atoms with Crippen LogP contribution in [0.5, 0.6) is 11.5 Å². The molecule has 0 saturated carbocycles. The van der Waals surface area contributed by atoms with E-state index in [4.69, 9.17) is 18.9 Å². The maximum absolute atomic E-state index is 13.1. The third-order valence-corrected chi connectivity index (χ3v) is 10.1. The lowest BCUT2D eigenvalue weighted by atomic mass is 9.99. The van der Waals surface area contributed by atoms with Crippen molar-refractivity contribution >= 4 is 46.0 Å². The number of aromatic nitrogens is 2. The molecule has 0 aliphatic carbocycles. The molecule has 2 aliphatic heterocycles. The van der Waals surface area contributed by atoms with E-state index in [1.807, 2.05) is 30.1 Å². The van der Waals surface area contributed by atoms with E-state index in [-0.39, 0.29) is 42.0 Å². The molecule has 1 atom stereocenters. The van der Waals surface area contributed by atoms with Crippen molar-refractivity contribution in [3.63, 3.8) is 0 Å². The second-order valence-corrected chi connectivity index (χ2v) is 14.1. The van der Waals surface area contributed by atoms with Crippen molar-refractivity contribution in [3.8, 4) is 22.6 Å². The molecule has 1 unspecified atom stereocenters. The molecule has 2 aromatic heterocycles. The number of nitrogens with zero attached hydrogens (tertiary/aromatic N) is 5. The quantitative estimate of drug-likeness (QED) is 0.110. The molecule has 2 aromatic carbocycles. The van der Waals surface area contributed by atoms with Gasteiger partial charge in [-0.25, -0.2) is 0 Å². The first kappa shape index (κ1) is 41.5. The fraction of sp³-hybridized carbons (Fsp3) is 0.390. The summed E-state index contributed by atoms with van der Waals surface area (Å²) in [5, 5.41) is 6.63. The molecule has 1 saturated heterocycles. The summed E-state index contributed by atoms with van der Waals surface area (Å²) in [5.41, 5.74) is 3.30. The number of nitrogens with one attached hydrogen (secondary N) is 2. The Hall–Kier alpha value is -6.17. The van der Waals surface area contributed by atoms with Crippen LogP contribution >= 0.6 is 0 Å². The number of rotatable bonds is 18. The highest BCUT2D eigenvalue weighted by Crippen LogP contribution is 2.38. The number of amides is 5. The summed E-state index contributed by atoms with van der Waals surface area (Å²) in [4.78, 5) is 84.1. The SMILES string of the molecule is COc1cc(-c2cn(C)c(=O)c3cnccc23)cc(OC)c1CN(C)CC(=O)N(C)CCOCCOCCNc1ccc2c(c1)C(=O)N(C1CCC(=O)NC1=O)C2=O. The van der Waals surface area contributed by atoms with Gasteiger partial charge >= 0.3 is 0 Å². The van der Waals surface area contributed by atoms with Gasteiger partial charge in [0.25, 0.3) is 17.4 Å². The number of methoxy groups -OCH3 is 2. The Labute approximate surface area is 334 Å². The van der Waals surface area contributed by atoms with Gasteiger partial charge in [0.15, 0.2) is 0 Å². The van der Waals surface area contributed by atoms with E-state index >= 15 is 0 Å². The Kier molecular flexibility index (Phi) is 13.2. The van der Waals surface area contributed by atoms with Crippen LogP contribution in [-0.2, 0) is 37.4 Å². The minimum atomic E-state index is -1.02. The summed E-state index contributed by atoms with van der Waals surface area (Å²) in [6.45, 7) is 2.67. The number of carbonyl (C=O) groups excluding carboxylic acids is 5. The fourth-order valence-corrected chi connectivity index (χ4v) is 7.01. The lowest BCUT2D eigenvalue weighted by molar-refractivity contribution is -0.136. The molecule has 2 N–H and O–H groups in total. The van der Waals surface area contributed by atoms with Crippen LogP contribution in [0.25, 0.3) is 21.9 Å². The number of carbonyl (C=O) groups is 5. The summed E-state index contributed by atoms with van der Waals surface area (Å²) in [5.74, 6) is -1.12. The maximum atomic E-state index is 13.1. The highest BCUT2D eigenvalue weighted by Gasteiger charge is 2.44. The number of piperidine rings is 1. The Morgan fingerprint density at radius 3 is 2.31 bits per heavy atom. The van der Waals surface area contributed by atoms with Gasteiger partial charge in [-0.05, 0) is 60.8 Å². The first-order valence-electron chi connectivity index (χ1n) is 18.8. The summed E-state index contributed by atoms with van der Waals surface area (Å²) in [6.07, 6.45) is 5.15. The number of likely N-dealkylation sites (N-methyl/N-ethyl adjacent to an activating group) is 2. The van der Waals surface area contributed by atoms with Gasteiger partial charge in [0.1, 0.15) is 17.5 Å². The number of ether oxygens (including phenoxy) is 4. The highest BCUT2D eigenvalue weighted by atomic mass is 16.5. The first-order valence-corrected chi connectivity index (χ1v) is 18.8. The summed E-state index contributed by atoms with van der Waals surface area (Å²) in [6, 6.07) is 9.40. The Bertz CT molecular complexity index is 2270. The zero-order valence-corrected chi connectivity index (χ0v) is 33.2. The van der Waals surface area contributed by atoms with Crippen LogP contribution in [0, 0.1) is 0 Å². The standard InChI is InChI=1S/C41H47N7O10/c1-45(22-32-34(55-4)18-25(19-35(32)56-5)31-23-47(3)39(52)30-21-42-11-10-27(30)31)24-37(50)46(2)13-15-58-17-16-57-14-12-43-26-6-7-28-29(20-26)41(54)48(40(28)53)33-8-9-36(49)44-38(33)51/h6-7,10-11,18-21,23,33,43H,8-9,12-17,22,24H2,1-5H3,(H,44,49,51). The van der Waals surface area contributed by atoms with Crippen LogP contribution in [0.15, 0.2) is 59.8 Å². The lowest BCUT2D eigenvalue weighted by Gasteiger charge is -2.27. The van der Waals surface area contributed by atoms with Gasteiger partial charge < -0.3 is 33.7 Å².